The van der Waals surface area contributed by atoms with Gasteiger partial charge in [0.05, 0.1) is 35.6 Å². The second-order valence-electron chi connectivity index (χ2n) is 10.8. The van der Waals surface area contributed by atoms with Crippen molar-refractivity contribution in [1.29, 1.82) is 0 Å². The van der Waals surface area contributed by atoms with Crippen molar-refractivity contribution < 1.29 is 27.5 Å². The summed E-state index contributed by atoms with van der Waals surface area (Å²) in [5.74, 6) is -0.531. The summed E-state index contributed by atoms with van der Waals surface area (Å²) < 4.78 is 46.2. The highest BCUT2D eigenvalue weighted by Crippen LogP contribution is 2.36. The van der Waals surface area contributed by atoms with Crippen LogP contribution in [0.4, 0.5) is 24.8 Å². The Morgan fingerprint density at radius 1 is 1.12 bits per heavy atom. The normalized spacial score (nSPS) is 18.5. The number of rotatable bonds is 5. The Morgan fingerprint density at radius 3 is 2.57 bits per heavy atom. The number of hydrogen-bond donors (Lipinski definition) is 2. The summed E-state index contributed by atoms with van der Waals surface area (Å²) in [5.41, 5.74) is 6.74. The molecule has 0 spiro atoms. The zero-order valence-corrected chi connectivity index (χ0v) is 22.6. The fourth-order valence-corrected chi connectivity index (χ4v) is 5.35. The van der Waals surface area contributed by atoms with Crippen LogP contribution in [0.5, 0.6) is 0 Å². The third-order valence-corrected chi connectivity index (χ3v) is 7.65. The van der Waals surface area contributed by atoms with Crippen LogP contribution in [0.3, 0.4) is 0 Å². The number of anilines is 2. The summed E-state index contributed by atoms with van der Waals surface area (Å²) in [6.07, 6.45) is -0.613. The van der Waals surface area contributed by atoms with Gasteiger partial charge in [-0.25, -0.2) is 19.6 Å². The van der Waals surface area contributed by atoms with Gasteiger partial charge in [-0.1, -0.05) is 12.1 Å². The number of benzene rings is 1. The predicted octanol–water partition coefficient (Wildman–Crippen LogP) is 3.94. The first kappa shape index (κ1) is 27.6. The van der Waals surface area contributed by atoms with Crippen molar-refractivity contribution in [2.45, 2.75) is 32.0 Å². The molecule has 14 heteroatoms. The molecule has 0 unspecified atom stereocenters. The molecule has 3 N–H and O–H groups in total. The Bertz CT molecular complexity index is 1670. The van der Waals surface area contributed by atoms with Crippen LogP contribution in [0.1, 0.15) is 41.7 Å². The summed E-state index contributed by atoms with van der Waals surface area (Å²) >= 11 is 0. The molecule has 5 heterocycles. The molecule has 42 heavy (non-hydrogen) atoms. The summed E-state index contributed by atoms with van der Waals surface area (Å²) in [5, 5.41) is 7.81. The highest BCUT2D eigenvalue weighted by atomic mass is 19.4. The quantitative estimate of drug-likeness (QED) is 0.362. The molecule has 0 bridgehead atoms. The zero-order valence-electron chi connectivity index (χ0n) is 22.6. The van der Waals surface area contributed by atoms with E-state index in [-0.39, 0.29) is 29.1 Å². The van der Waals surface area contributed by atoms with Gasteiger partial charge < -0.3 is 20.7 Å². The van der Waals surface area contributed by atoms with E-state index in [0.29, 0.717) is 48.6 Å². The maximum atomic E-state index is 13.2. The smallest absolute Gasteiger partial charge is 0.383 e. The fraction of sp³-hybridized carbons (Fsp3) is 0.357. The van der Waals surface area contributed by atoms with Crippen molar-refractivity contribution in [3.8, 4) is 11.3 Å². The molecule has 2 aliphatic heterocycles. The first-order valence-electron chi connectivity index (χ1n) is 13.3. The molecule has 6 rings (SSSR count). The van der Waals surface area contributed by atoms with E-state index < -0.39 is 23.1 Å². The highest BCUT2D eigenvalue weighted by Gasteiger charge is 2.44. The minimum atomic E-state index is -4.56. The number of piperidine rings is 1. The lowest BCUT2D eigenvalue weighted by Gasteiger charge is -2.43. The topological polar surface area (TPSA) is 141 Å². The van der Waals surface area contributed by atoms with Gasteiger partial charge >= 0.3 is 6.18 Å². The van der Waals surface area contributed by atoms with Crippen LogP contribution < -0.4 is 11.1 Å². The van der Waals surface area contributed by atoms with Crippen LogP contribution in [0, 0.1) is 5.41 Å². The van der Waals surface area contributed by atoms with E-state index in [1.807, 2.05) is 11.8 Å². The summed E-state index contributed by atoms with van der Waals surface area (Å²) in [4.78, 5) is 40.2. The first-order chi connectivity index (χ1) is 20.0. The van der Waals surface area contributed by atoms with Crippen LogP contribution in [-0.2, 0) is 15.7 Å². The number of carbonyl (C=O) groups is 2. The molecular formula is C28H27F3N8O3. The molecule has 0 radical (unpaired) electrons. The maximum absolute atomic E-state index is 13.2. The summed E-state index contributed by atoms with van der Waals surface area (Å²) in [7, 11) is 0. The molecule has 2 saturated heterocycles. The van der Waals surface area contributed by atoms with Crippen molar-refractivity contribution in [1.82, 2.24) is 29.6 Å². The molecule has 0 aliphatic carbocycles. The van der Waals surface area contributed by atoms with Gasteiger partial charge in [0.15, 0.2) is 5.65 Å². The Labute approximate surface area is 237 Å². The van der Waals surface area contributed by atoms with Crippen molar-refractivity contribution in [3.05, 3.63) is 60.0 Å². The zero-order chi connectivity index (χ0) is 29.6. The van der Waals surface area contributed by atoms with Crippen LogP contribution in [-0.4, -0.2) is 67.7 Å². The number of pyridine rings is 1. The Hall–Kier alpha value is -4.59. The monoisotopic (exact) mass is 580 g/mol. The number of fused-ring (bicyclic) bond motifs is 1. The van der Waals surface area contributed by atoms with Gasteiger partial charge in [-0.3, -0.25) is 9.59 Å². The molecular weight excluding hydrogens is 553 g/mol. The van der Waals surface area contributed by atoms with Crippen LogP contribution in [0.15, 0.2) is 48.9 Å². The molecule has 2 amide bonds. The number of likely N-dealkylation sites (tertiary alicyclic amines) is 1. The average molecular weight is 581 g/mol. The minimum Gasteiger partial charge on any atom is -0.383 e. The van der Waals surface area contributed by atoms with E-state index in [2.05, 4.69) is 20.3 Å². The van der Waals surface area contributed by atoms with E-state index >= 15 is 0 Å². The molecule has 1 atom stereocenters. The molecule has 2 aliphatic rings. The minimum absolute atomic E-state index is 0.0680. The number of nitrogens with zero attached hydrogens (tertiary/aromatic N) is 6. The Balaban J connectivity index is 1.26. The summed E-state index contributed by atoms with van der Waals surface area (Å²) in [6.45, 7) is 3.87. The van der Waals surface area contributed by atoms with E-state index in [9.17, 15) is 22.8 Å². The van der Waals surface area contributed by atoms with Gasteiger partial charge in [-0.15, -0.1) is 0 Å². The van der Waals surface area contributed by atoms with Crippen LogP contribution >= 0.6 is 0 Å². The third-order valence-electron chi connectivity index (χ3n) is 7.65. The number of nitrogens with two attached hydrogens (primary N) is 1. The van der Waals surface area contributed by atoms with Gasteiger partial charge in [0.2, 0.25) is 5.91 Å². The lowest BCUT2D eigenvalue weighted by Crippen LogP contribution is -2.55. The number of halogens is 3. The number of nitrogens with one attached hydrogen (secondary N) is 1. The van der Waals surface area contributed by atoms with Gasteiger partial charge in [-0.2, -0.15) is 18.3 Å². The molecule has 2 fully saturated rings. The second-order valence-corrected chi connectivity index (χ2v) is 10.8. The second kappa shape index (κ2) is 10.4. The van der Waals surface area contributed by atoms with Crippen molar-refractivity contribution in [2.75, 3.05) is 37.4 Å². The van der Waals surface area contributed by atoms with E-state index in [0.717, 1.165) is 31.2 Å². The maximum Gasteiger partial charge on any atom is 0.416 e. The van der Waals surface area contributed by atoms with E-state index in [1.54, 1.807) is 16.8 Å². The lowest BCUT2D eigenvalue weighted by molar-refractivity contribution is -0.170. The Kier molecular flexibility index (Phi) is 6.80. The predicted molar refractivity (Wildman–Crippen MR) is 146 cm³/mol. The Morgan fingerprint density at radius 2 is 1.88 bits per heavy atom. The van der Waals surface area contributed by atoms with Crippen molar-refractivity contribution in [3.63, 3.8) is 0 Å². The molecule has 218 valence electrons. The number of carbonyl (C=O) groups excluding carboxylic acids is 2. The number of alkyl halides is 3. The molecule has 11 nitrogen and oxygen atoms in total. The number of aromatic nitrogens is 5. The number of ether oxygens (including phenoxy) is 1. The largest absolute Gasteiger partial charge is 0.416 e. The van der Waals surface area contributed by atoms with Crippen molar-refractivity contribution in [2.24, 2.45) is 5.41 Å². The molecule has 3 aromatic heterocycles. The SMILES string of the molecule is CC1(C(=O)N2CCC[C@@H](n3nc(-c4ccc(C(=O)Nc5cc(C(F)(F)F)ccn5)cc4)c4c(N)ncnc43)C2)COC1. The van der Waals surface area contributed by atoms with Crippen molar-refractivity contribution >= 4 is 34.5 Å². The number of amides is 2. The highest BCUT2D eigenvalue weighted by molar-refractivity contribution is 6.04. The van der Waals surface area contributed by atoms with Gasteiger partial charge in [0.25, 0.3) is 5.91 Å². The van der Waals surface area contributed by atoms with Crippen LogP contribution in [0.2, 0.25) is 0 Å². The number of nitrogen functional groups attached to an aromatic ring is 1. The van der Waals surface area contributed by atoms with E-state index in [4.69, 9.17) is 15.6 Å². The third kappa shape index (κ3) is 5.02. The lowest BCUT2D eigenvalue weighted by atomic mass is 9.86. The molecule has 4 aromatic rings. The van der Waals surface area contributed by atoms with Gasteiger partial charge in [0.1, 0.15) is 23.7 Å². The van der Waals surface area contributed by atoms with Crippen LogP contribution in [0.25, 0.3) is 22.3 Å². The van der Waals surface area contributed by atoms with Gasteiger partial charge in [0, 0.05) is 30.4 Å². The molecule has 0 saturated carbocycles. The average Bonchev–Trinajstić information content (AvgIpc) is 3.36. The van der Waals surface area contributed by atoms with Gasteiger partial charge in [-0.05, 0) is 44.0 Å². The van der Waals surface area contributed by atoms with E-state index in [1.165, 1.54) is 18.5 Å². The fourth-order valence-electron chi connectivity index (χ4n) is 5.35. The standard InChI is InChI=1S/C28H27F3N8O3/c1-27(13-42-14-27)26(41)38-10-2-3-19(12-38)39-24-21(23(32)34-15-35-24)22(37-39)16-4-6-17(7-5-16)25(40)36-20-11-18(8-9-33-20)28(29,30)31/h4-9,11,15,19H,2-3,10,12-14H2,1H3,(H2,32,34,35)(H,33,36,40)/t19-/m1/s1. The number of hydrogen-bond acceptors (Lipinski definition) is 8. The first-order valence-corrected chi connectivity index (χ1v) is 13.3. The molecule has 1 aromatic carbocycles. The summed E-state index contributed by atoms with van der Waals surface area (Å²) in [6, 6.07) is 7.87.